The monoisotopic (exact) mass is 458 g/mol. The summed E-state index contributed by atoms with van der Waals surface area (Å²) in [5.74, 6) is 1.08. The fourth-order valence-corrected chi connectivity index (χ4v) is 4.63. The second-order valence-corrected chi connectivity index (χ2v) is 9.15. The maximum Gasteiger partial charge on any atom is 0.285 e. The average molecular weight is 459 g/mol. The predicted octanol–water partition coefficient (Wildman–Crippen LogP) is 1.97. The molecule has 1 saturated carbocycles. The van der Waals surface area contributed by atoms with Crippen molar-refractivity contribution in [2.45, 2.75) is 44.2 Å². The van der Waals surface area contributed by atoms with Crippen molar-refractivity contribution in [2.75, 3.05) is 36.0 Å². The Morgan fingerprint density at radius 2 is 1.94 bits per heavy atom. The molecule has 4 heterocycles. The molecule has 3 fully saturated rings. The molecule has 170 valence electrons. The summed E-state index contributed by atoms with van der Waals surface area (Å²) in [6.07, 6.45) is 8.07. The summed E-state index contributed by atoms with van der Waals surface area (Å²) in [6.45, 7) is 3.13. The molecule has 0 unspecified atom stereocenters. The minimum absolute atomic E-state index is 0.0449. The minimum atomic E-state index is -0.390. The molecule has 1 aliphatic carbocycles. The normalized spacial score (nSPS) is 21.6. The fourth-order valence-electron chi connectivity index (χ4n) is 4.42. The zero-order valence-corrected chi connectivity index (χ0v) is 18.6. The number of H-pyrrole nitrogens is 1. The quantitative estimate of drug-likeness (QED) is 0.682. The number of hydrogen-bond acceptors (Lipinski definition) is 7. The third kappa shape index (κ3) is 4.67. The molecule has 1 amide bonds. The van der Waals surface area contributed by atoms with Gasteiger partial charge in [0, 0.05) is 56.0 Å². The number of aromatic amines is 1. The second kappa shape index (κ2) is 8.97. The van der Waals surface area contributed by atoms with Gasteiger partial charge < -0.3 is 19.9 Å². The van der Waals surface area contributed by atoms with Gasteiger partial charge in [0.2, 0.25) is 11.8 Å². The van der Waals surface area contributed by atoms with Crippen LogP contribution in [0.4, 0.5) is 11.4 Å². The standard InChI is InChI=1S/C22H27ClN6O3/c23-20-18(12-25-27-22(20)31)29-10-6-17(13-29)32-19-11-16(3-7-24-19)28-8-4-15(5-9-28)26-21(30)14-1-2-14/h3,7,11-12,14-15,17H,1-2,4-6,8-10,13H2,(H,26,30)(H,27,31)/t17-/m1/s1. The summed E-state index contributed by atoms with van der Waals surface area (Å²) in [4.78, 5) is 32.4. The highest BCUT2D eigenvalue weighted by Crippen LogP contribution is 2.30. The smallest absolute Gasteiger partial charge is 0.285 e. The van der Waals surface area contributed by atoms with Crippen LogP contribution < -0.4 is 25.4 Å². The zero-order chi connectivity index (χ0) is 22.1. The molecule has 2 aliphatic heterocycles. The van der Waals surface area contributed by atoms with Crippen LogP contribution in [0.1, 0.15) is 32.1 Å². The number of nitrogens with one attached hydrogen (secondary N) is 2. The Bertz CT molecular complexity index is 1030. The lowest BCUT2D eigenvalue weighted by Gasteiger charge is -2.34. The summed E-state index contributed by atoms with van der Waals surface area (Å²) in [7, 11) is 0. The third-order valence-electron chi connectivity index (χ3n) is 6.42. The third-order valence-corrected chi connectivity index (χ3v) is 6.79. The number of aromatic nitrogens is 3. The van der Waals surface area contributed by atoms with Crippen LogP contribution in [-0.4, -0.2) is 59.4 Å². The molecule has 32 heavy (non-hydrogen) atoms. The topological polar surface area (TPSA) is 103 Å². The summed E-state index contributed by atoms with van der Waals surface area (Å²) < 4.78 is 6.15. The second-order valence-electron chi connectivity index (χ2n) is 8.77. The lowest BCUT2D eigenvalue weighted by molar-refractivity contribution is -0.123. The van der Waals surface area contributed by atoms with Gasteiger partial charge in [-0.25, -0.2) is 10.1 Å². The summed E-state index contributed by atoms with van der Waals surface area (Å²) >= 11 is 6.14. The Morgan fingerprint density at radius 3 is 2.72 bits per heavy atom. The molecule has 10 heteroatoms. The number of amides is 1. The van der Waals surface area contributed by atoms with Crippen LogP contribution in [0.15, 0.2) is 29.3 Å². The SMILES string of the molecule is O=C(NC1CCN(c2ccnc(O[C@@H]3CCN(c4cn[nH]c(=O)c4Cl)C3)c2)CC1)C1CC1. The van der Waals surface area contributed by atoms with E-state index in [0.29, 0.717) is 18.1 Å². The fraction of sp³-hybridized carbons (Fsp3) is 0.545. The van der Waals surface area contributed by atoms with E-state index in [0.717, 1.165) is 57.4 Å². The van der Waals surface area contributed by atoms with Gasteiger partial charge in [-0.2, -0.15) is 5.10 Å². The summed E-state index contributed by atoms with van der Waals surface area (Å²) in [5, 5.41) is 9.54. The molecule has 9 nitrogen and oxygen atoms in total. The van der Waals surface area contributed by atoms with Crippen LogP contribution in [0.25, 0.3) is 0 Å². The summed E-state index contributed by atoms with van der Waals surface area (Å²) in [6, 6.07) is 4.25. The van der Waals surface area contributed by atoms with Crippen molar-refractivity contribution < 1.29 is 9.53 Å². The van der Waals surface area contributed by atoms with Crippen LogP contribution in [0.5, 0.6) is 5.88 Å². The van der Waals surface area contributed by atoms with E-state index in [-0.39, 0.29) is 29.0 Å². The van der Waals surface area contributed by atoms with E-state index < -0.39 is 5.56 Å². The van der Waals surface area contributed by atoms with Gasteiger partial charge in [-0.3, -0.25) is 9.59 Å². The number of hydrogen-bond donors (Lipinski definition) is 2. The van der Waals surface area contributed by atoms with Crippen molar-refractivity contribution in [1.29, 1.82) is 0 Å². The molecule has 2 saturated heterocycles. The van der Waals surface area contributed by atoms with Crippen molar-refractivity contribution in [3.05, 3.63) is 39.9 Å². The number of carbonyl (C=O) groups excluding carboxylic acids is 1. The summed E-state index contributed by atoms with van der Waals surface area (Å²) in [5.41, 5.74) is 1.32. The molecule has 0 bridgehead atoms. The Hall–Kier alpha value is -2.81. The van der Waals surface area contributed by atoms with Crippen LogP contribution in [-0.2, 0) is 4.79 Å². The predicted molar refractivity (Wildman–Crippen MR) is 121 cm³/mol. The van der Waals surface area contributed by atoms with E-state index in [2.05, 4.69) is 25.4 Å². The van der Waals surface area contributed by atoms with E-state index in [1.54, 1.807) is 12.4 Å². The minimum Gasteiger partial charge on any atom is -0.472 e. The largest absolute Gasteiger partial charge is 0.472 e. The van der Waals surface area contributed by atoms with Gasteiger partial charge >= 0.3 is 0 Å². The first-order chi connectivity index (χ1) is 15.6. The van der Waals surface area contributed by atoms with Crippen molar-refractivity contribution >= 4 is 28.9 Å². The molecular weight excluding hydrogens is 432 g/mol. The van der Waals surface area contributed by atoms with E-state index in [9.17, 15) is 9.59 Å². The lowest BCUT2D eigenvalue weighted by Crippen LogP contribution is -2.45. The Balaban J connectivity index is 1.16. The Labute approximate surface area is 191 Å². The van der Waals surface area contributed by atoms with Gasteiger partial charge in [0.25, 0.3) is 5.56 Å². The average Bonchev–Trinajstić information content (AvgIpc) is 3.56. The van der Waals surface area contributed by atoms with Gasteiger partial charge in [-0.1, -0.05) is 11.6 Å². The van der Waals surface area contributed by atoms with Crippen LogP contribution in [0, 0.1) is 5.92 Å². The maximum atomic E-state index is 12.0. The van der Waals surface area contributed by atoms with Crippen molar-refractivity contribution in [3.8, 4) is 5.88 Å². The van der Waals surface area contributed by atoms with Crippen LogP contribution >= 0.6 is 11.6 Å². The molecule has 0 spiro atoms. The molecule has 0 radical (unpaired) electrons. The molecule has 0 aromatic carbocycles. The highest BCUT2D eigenvalue weighted by atomic mass is 35.5. The van der Waals surface area contributed by atoms with Gasteiger partial charge in [-0.15, -0.1) is 0 Å². The highest BCUT2D eigenvalue weighted by molar-refractivity contribution is 6.33. The zero-order valence-electron chi connectivity index (χ0n) is 17.8. The molecule has 2 aromatic rings. The van der Waals surface area contributed by atoms with Gasteiger partial charge in [0.1, 0.15) is 11.1 Å². The number of pyridine rings is 1. The van der Waals surface area contributed by atoms with Gasteiger partial charge in [0.05, 0.1) is 18.4 Å². The molecule has 5 rings (SSSR count). The van der Waals surface area contributed by atoms with Crippen molar-refractivity contribution in [2.24, 2.45) is 5.92 Å². The van der Waals surface area contributed by atoms with E-state index >= 15 is 0 Å². The number of anilines is 2. The van der Waals surface area contributed by atoms with Crippen LogP contribution in [0.3, 0.4) is 0 Å². The maximum absolute atomic E-state index is 12.0. The molecule has 2 N–H and O–H groups in total. The van der Waals surface area contributed by atoms with Crippen molar-refractivity contribution in [1.82, 2.24) is 20.5 Å². The first-order valence-electron chi connectivity index (χ1n) is 11.2. The lowest BCUT2D eigenvalue weighted by atomic mass is 10.0. The van der Waals surface area contributed by atoms with E-state index in [1.807, 2.05) is 17.0 Å². The van der Waals surface area contributed by atoms with Gasteiger partial charge in [0.15, 0.2) is 0 Å². The van der Waals surface area contributed by atoms with Gasteiger partial charge in [-0.05, 0) is 31.7 Å². The number of carbonyl (C=O) groups is 1. The number of halogens is 1. The first kappa shape index (κ1) is 21.1. The van der Waals surface area contributed by atoms with E-state index in [1.165, 1.54) is 0 Å². The number of piperidine rings is 1. The number of ether oxygens (including phenoxy) is 1. The van der Waals surface area contributed by atoms with Crippen molar-refractivity contribution in [3.63, 3.8) is 0 Å². The van der Waals surface area contributed by atoms with Crippen LogP contribution in [0.2, 0.25) is 5.02 Å². The number of rotatable bonds is 6. The highest BCUT2D eigenvalue weighted by Gasteiger charge is 2.32. The molecule has 2 aromatic heterocycles. The first-order valence-corrected chi connectivity index (χ1v) is 11.6. The Kier molecular flexibility index (Phi) is 5.91. The Morgan fingerprint density at radius 1 is 1.16 bits per heavy atom. The molecule has 3 aliphatic rings. The molecule has 1 atom stereocenters. The molecular formula is C22H27ClN6O3. The number of nitrogens with zero attached hydrogens (tertiary/aromatic N) is 4. The van der Waals surface area contributed by atoms with E-state index in [4.69, 9.17) is 16.3 Å².